The zero-order valence-corrected chi connectivity index (χ0v) is 29.3. The third kappa shape index (κ3) is 8.95. The van der Waals surface area contributed by atoms with Crippen molar-refractivity contribution in [3.05, 3.63) is 119 Å². The molecule has 0 radical (unpaired) electrons. The Bertz CT molecular complexity index is 1800. The van der Waals surface area contributed by atoms with Gasteiger partial charge in [0, 0.05) is 25.1 Å². The molecule has 0 fully saturated rings. The van der Waals surface area contributed by atoms with E-state index in [9.17, 15) is 18.0 Å². The molecule has 0 aliphatic rings. The van der Waals surface area contributed by atoms with Crippen LogP contribution in [0.1, 0.15) is 42.5 Å². The molecule has 2 unspecified atom stereocenters. The fraction of sp³-hybridized carbons (Fsp3) is 0.316. The summed E-state index contributed by atoms with van der Waals surface area (Å²) in [4.78, 5) is 30.1. The van der Waals surface area contributed by atoms with Crippen molar-refractivity contribution in [2.75, 3.05) is 25.1 Å². The maximum Gasteiger partial charge on any atom is 0.264 e. The topological polar surface area (TPSA) is 105 Å². The summed E-state index contributed by atoms with van der Waals surface area (Å²) in [7, 11) is -1.42. The second-order valence-electron chi connectivity index (χ2n) is 11.9. The zero-order chi connectivity index (χ0) is 34.8. The maximum atomic E-state index is 14.7. The largest absolute Gasteiger partial charge is 0.493 e. The molecule has 254 valence electrons. The van der Waals surface area contributed by atoms with Crippen LogP contribution in [0, 0.1) is 13.8 Å². The molecule has 2 amide bonds. The van der Waals surface area contributed by atoms with Crippen molar-refractivity contribution in [1.82, 2.24) is 10.2 Å². The Labute approximate surface area is 284 Å². The summed E-state index contributed by atoms with van der Waals surface area (Å²) < 4.78 is 40.6. The number of amides is 2. The van der Waals surface area contributed by atoms with Crippen LogP contribution in [0.15, 0.2) is 102 Å². The van der Waals surface area contributed by atoms with Gasteiger partial charge in [0.1, 0.15) is 12.6 Å². The van der Waals surface area contributed by atoms with E-state index in [-0.39, 0.29) is 35.6 Å². The lowest BCUT2D eigenvalue weighted by atomic mass is 10.0. The van der Waals surface area contributed by atoms with Crippen LogP contribution in [0.25, 0.3) is 0 Å². The SMILES string of the molecule is CCC(C)NC(=O)C(Cc1ccccc1)N(Cc1cccc(C)c1)C(=O)CN(c1ccc(C)cc1)S(=O)(=O)c1ccc(OC)c(OC)c1. The van der Waals surface area contributed by atoms with E-state index in [0.717, 1.165) is 26.6 Å². The molecule has 4 aromatic rings. The fourth-order valence-corrected chi connectivity index (χ4v) is 6.78. The Morgan fingerprint density at radius 1 is 0.792 bits per heavy atom. The van der Waals surface area contributed by atoms with Gasteiger partial charge in [-0.05, 0) is 62.6 Å². The number of benzene rings is 4. The Kier molecular flexibility index (Phi) is 12.2. The average Bonchev–Trinajstić information content (AvgIpc) is 3.09. The van der Waals surface area contributed by atoms with Crippen molar-refractivity contribution in [2.45, 2.75) is 64.1 Å². The molecule has 4 aromatic carbocycles. The highest BCUT2D eigenvalue weighted by atomic mass is 32.2. The molecule has 4 rings (SSSR count). The Morgan fingerprint density at radius 2 is 1.46 bits per heavy atom. The van der Waals surface area contributed by atoms with Gasteiger partial charge in [-0.15, -0.1) is 0 Å². The predicted molar refractivity (Wildman–Crippen MR) is 189 cm³/mol. The summed E-state index contributed by atoms with van der Waals surface area (Å²) in [5.41, 5.74) is 3.93. The first-order valence-corrected chi connectivity index (χ1v) is 17.4. The zero-order valence-electron chi connectivity index (χ0n) is 28.5. The van der Waals surface area contributed by atoms with Crippen LogP contribution in [-0.4, -0.2) is 58.0 Å². The molecule has 0 bridgehead atoms. The summed E-state index contributed by atoms with van der Waals surface area (Å²) in [5, 5.41) is 3.06. The number of aryl methyl sites for hydroxylation is 2. The second-order valence-corrected chi connectivity index (χ2v) is 13.8. The normalized spacial score (nSPS) is 12.5. The third-order valence-corrected chi connectivity index (χ3v) is 10.0. The van der Waals surface area contributed by atoms with E-state index in [2.05, 4.69) is 5.32 Å². The average molecular weight is 672 g/mol. The van der Waals surface area contributed by atoms with E-state index in [4.69, 9.17) is 9.47 Å². The van der Waals surface area contributed by atoms with E-state index in [1.54, 1.807) is 24.3 Å². The van der Waals surface area contributed by atoms with Gasteiger partial charge in [0.2, 0.25) is 11.8 Å². The summed E-state index contributed by atoms with van der Waals surface area (Å²) >= 11 is 0. The highest BCUT2D eigenvalue weighted by Gasteiger charge is 2.35. The molecule has 0 aliphatic heterocycles. The summed E-state index contributed by atoms with van der Waals surface area (Å²) in [6.45, 7) is 7.30. The summed E-state index contributed by atoms with van der Waals surface area (Å²) in [6, 6.07) is 27.4. The number of nitrogens with one attached hydrogen (secondary N) is 1. The number of hydrogen-bond donors (Lipinski definition) is 1. The van der Waals surface area contributed by atoms with Crippen LogP contribution in [0.3, 0.4) is 0 Å². The summed E-state index contributed by atoms with van der Waals surface area (Å²) in [5.74, 6) is -0.227. The van der Waals surface area contributed by atoms with Crippen LogP contribution >= 0.6 is 0 Å². The van der Waals surface area contributed by atoms with Crippen LogP contribution in [0.5, 0.6) is 11.5 Å². The number of methoxy groups -OCH3 is 2. The molecular weight excluding hydrogens is 627 g/mol. The lowest BCUT2D eigenvalue weighted by molar-refractivity contribution is -0.140. The molecule has 0 aliphatic carbocycles. The fourth-order valence-electron chi connectivity index (χ4n) is 5.35. The first-order valence-electron chi connectivity index (χ1n) is 16.0. The molecule has 2 atom stereocenters. The number of rotatable bonds is 15. The number of hydrogen-bond acceptors (Lipinski definition) is 6. The Morgan fingerprint density at radius 3 is 2.08 bits per heavy atom. The van der Waals surface area contributed by atoms with Crippen molar-refractivity contribution in [1.29, 1.82) is 0 Å². The minimum atomic E-state index is -4.31. The number of sulfonamides is 1. The van der Waals surface area contributed by atoms with Crippen LogP contribution in [-0.2, 0) is 32.6 Å². The quantitative estimate of drug-likeness (QED) is 0.165. The molecular formula is C38H45N3O6S. The molecule has 9 nitrogen and oxygen atoms in total. The van der Waals surface area contributed by atoms with Gasteiger partial charge in [-0.2, -0.15) is 0 Å². The van der Waals surface area contributed by atoms with E-state index >= 15 is 0 Å². The van der Waals surface area contributed by atoms with Crippen molar-refractivity contribution in [3.63, 3.8) is 0 Å². The van der Waals surface area contributed by atoms with E-state index in [1.807, 2.05) is 82.3 Å². The van der Waals surface area contributed by atoms with Gasteiger partial charge >= 0.3 is 0 Å². The van der Waals surface area contributed by atoms with Crippen molar-refractivity contribution >= 4 is 27.5 Å². The molecule has 0 saturated carbocycles. The van der Waals surface area contributed by atoms with Crippen LogP contribution < -0.4 is 19.1 Å². The van der Waals surface area contributed by atoms with Crippen LogP contribution in [0.2, 0.25) is 0 Å². The number of ether oxygens (including phenoxy) is 2. The second kappa shape index (κ2) is 16.3. The molecule has 0 spiro atoms. The molecule has 0 saturated heterocycles. The lowest BCUT2D eigenvalue weighted by Crippen LogP contribution is -2.54. The number of carbonyl (C=O) groups is 2. The first-order chi connectivity index (χ1) is 23.0. The Hall–Kier alpha value is -4.83. The van der Waals surface area contributed by atoms with Crippen LogP contribution in [0.4, 0.5) is 5.69 Å². The van der Waals surface area contributed by atoms with Gasteiger partial charge in [-0.1, -0.05) is 84.8 Å². The van der Waals surface area contributed by atoms with E-state index < -0.39 is 28.5 Å². The third-order valence-electron chi connectivity index (χ3n) is 8.25. The van der Waals surface area contributed by atoms with Gasteiger partial charge in [0.15, 0.2) is 11.5 Å². The highest BCUT2D eigenvalue weighted by Crippen LogP contribution is 2.32. The Balaban J connectivity index is 1.83. The standard InChI is InChI=1S/C38H45N3O6S/c1-7-29(4)39-38(43)34(23-30-13-9-8-10-14-30)40(25-31-15-11-12-28(3)22-31)37(42)26-41(32-18-16-27(2)17-19-32)48(44,45)33-20-21-35(46-5)36(24-33)47-6/h8-22,24,29,34H,7,23,25-26H2,1-6H3,(H,39,43). The van der Waals surface area contributed by atoms with Crippen molar-refractivity contribution in [3.8, 4) is 11.5 Å². The summed E-state index contributed by atoms with van der Waals surface area (Å²) in [6.07, 6.45) is 0.952. The van der Waals surface area contributed by atoms with Gasteiger partial charge in [0.25, 0.3) is 10.0 Å². The molecule has 0 aromatic heterocycles. The molecule has 0 heterocycles. The molecule has 1 N–H and O–H groups in total. The van der Waals surface area contributed by atoms with Crippen molar-refractivity contribution < 1.29 is 27.5 Å². The number of anilines is 1. The van der Waals surface area contributed by atoms with Gasteiger partial charge in [0.05, 0.1) is 24.8 Å². The van der Waals surface area contributed by atoms with Gasteiger partial charge < -0.3 is 19.7 Å². The maximum absolute atomic E-state index is 14.7. The predicted octanol–water partition coefficient (Wildman–Crippen LogP) is 6.07. The first kappa shape index (κ1) is 36.0. The van der Waals surface area contributed by atoms with Crippen molar-refractivity contribution in [2.24, 2.45) is 0 Å². The number of nitrogens with zero attached hydrogens (tertiary/aromatic N) is 2. The molecule has 10 heteroatoms. The lowest BCUT2D eigenvalue weighted by Gasteiger charge is -2.34. The highest BCUT2D eigenvalue weighted by molar-refractivity contribution is 7.92. The van der Waals surface area contributed by atoms with Gasteiger partial charge in [-0.3, -0.25) is 13.9 Å². The smallest absolute Gasteiger partial charge is 0.264 e. The molecule has 48 heavy (non-hydrogen) atoms. The van der Waals surface area contributed by atoms with Gasteiger partial charge in [-0.25, -0.2) is 8.42 Å². The minimum absolute atomic E-state index is 0.0749. The monoisotopic (exact) mass is 671 g/mol. The van der Waals surface area contributed by atoms with E-state index in [1.165, 1.54) is 37.3 Å². The number of carbonyl (C=O) groups excluding carboxylic acids is 2. The van der Waals surface area contributed by atoms with E-state index in [0.29, 0.717) is 17.9 Å². The minimum Gasteiger partial charge on any atom is -0.493 e.